The van der Waals surface area contributed by atoms with Crippen molar-refractivity contribution in [2.45, 2.75) is 25.9 Å². The van der Waals surface area contributed by atoms with E-state index in [0.29, 0.717) is 0 Å². The van der Waals surface area contributed by atoms with Crippen molar-refractivity contribution in [3.8, 4) is 0 Å². The molecule has 0 spiro atoms. The second-order valence-corrected chi connectivity index (χ2v) is 5.07. The predicted molar refractivity (Wildman–Crippen MR) is 69.2 cm³/mol. The molecule has 1 fully saturated rings. The van der Waals surface area contributed by atoms with E-state index in [-0.39, 0.29) is 5.54 Å². The smallest absolute Gasteiger partial charge is 0.129 e. The number of pyridine rings is 1. The Hall–Kier alpha value is -1.13. The van der Waals surface area contributed by atoms with E-state index in [0.717, 1.165) is 32.1 Å². The van der Waals surface area contributed by atoms with Gasteiger partial charge in [-0.05, 0) is 32.5 Å². The fourth-order valence-corrected chi connectivity index (χ4v) is 2.17. The van der Waals surface area contributed by atoms with Crippen LogP contribution in [-0.4, -0.2) is 37.3 Å². The van der Waals surface area contributed by atoms with Gasteiger partial charge in [-0.25, -0.2) is 4.98 Å². The summed E-state index contributed by atoms with van der Waals surface area (Å²) in [4.78, 5) is 6.87. The van der Waals surface area contributed by atoms with Crippen molar-refractivity contribution < 1.29 is 4.74 Å². The molecule has 1 N–H and O–H groups in total. The molecule has 94 valence electrons. The van der Waals surface area contributed by atoms with Crippen molar-refractivity contribution in [2.24, 2.45) is 0 Å². The molecule has 0 atom stereocenters. The number of hydrogen-bond acceptors (Lipinski definition) is 4. The molecule has 1 aliphatic rings. The summed E-state index contributed by atoms with van der Waals surface area (Å²) in [5, 5.41) is 3.13. The molecule has 4 heteroatoms. The van der Waals surface area contributed by atoms with E-state index < -0.39 is 0 Å². The molecule has 0 unspecified atom stereocenters. The Bertz CT molecular complexity index is 361. The van der Waals surface area contributed by atoms with Crippen molar-refractivity contribution in [3.05, 3.63) is 23.9 Å². The van der Waals surface area contributed by atoms with Crippen molar-refractivity contribution in [3.63, 3.8) is 0 Å². The molecule has 0 amide bonds. The summed E-state index contributed by atoms with van der Waals surface area (Å²) >= 11 is 0. The first-order chi connectivity index (χ1) is 8.13. The van der Waals surface area contributed by atoms with Crippen molar-refractivity contribution in [1.82, 2.24) is 10.3 Å². The monoisotopic (exact) mass is 235 g/mol. The van der Waals surface area contributed by atoms with E-state index in [1.807, 2.05) is 13.2 Å². The van der Waals surface area contributed by atoms with Crippen molar-refractivity contribution in [2.75, 3.05) is 31.7 Å². The molecule has 0 bridgehead atoms. The number of morpholine rings is 1. The summed E-state index contributed by atoms with van der Waals surface area (Å²) in [5.74, 6) is 1.04. The standard InChI is InChI=1S/C13H21N3O/c1-13(2)10-17-7-6-16(13)12-5-4-11(8-14-3)9-15-12/h4-5,9,14H,6-8,10H2,1-3H3. The van der Waals surface area contributed by atoms with E-state index in [1.165, 1.54) is 5.56 Å². The van der Waals surface area contributed by atoms with Gasteiger partial charge in [0.2, 0.25) is 0 Å². The third-order valence-corrected chi connectivity index (χ3v) is 3.11. The Balaban J connectivity index is 2.15. The van der Waals surface area contributed by atoms with Crippen LogP contribution >= 0.6 is 0 Å². The zero-order valence-electron chi connectivity index (χ0n) is 10.9. The number of nitrogens with zero attached hydrogens (tertiary/aromatic N) is 2. The van der Waals surface area contributed by atoms with Crippen molar-refractivity contribution in [1.29, 1.82) is 0 Å². The van der Waals surface area contributed by atoms with Gasteiger partial charge >= 0.3 is 0 Å². The van der Waals surface area contributed by atoms with Crippen LogP contribution in [0.15, 0.2) is 18.3 Å². The van der Waals surface area contributed by atoms with Gasteiger partial charge in [-0.3, -0.25) is 0 Å². The third-order valence-electron chi connectivity index (χ3n) is 3.11. The van der Waals surface area contributed by atoms with E-state index in [4.69, 9.17) is 4.74 Å². The maximum Gasteiger partial charge on any atom is 0.129 e. The molecule has 1 aromatic heterocycles. The maximum absolute atomic E-state index is 5.52. The van der Waals surface area contributed by atoms with Gasteiger partial charge in [0.05, 0.1) is 18.8 Å². The molecule has 2 rings (SSSR count). The first-order valence-electron chi connectivity index (χ1n) is 6.08. The molecule has 17 heavy (non-hydrogen) atoms. The van der Waals surface area contributed by atoms with E-state index in [9.17, 15) is 0 Å². The quantitative estimate of drug-likeness (QED) is 0.859. The third kappa shape index (κ3) is 2.76. The maximum atomic E-state index is 5.52. The lowest BCUT2D eigenvalue weighted by Gasteiger charge is -2.43. The molecule has 0 saturated carbocycles. The Kier molecular flexibility index (Phi) is 3.64. The number of aromatic nitrogens is 1. The fourth-order valence-electron chi connectivity index (χ4n) is 2.17. The number of hydrogen-bond donors (Lipinski definition) is 1. The summed E-state index contributed by atoms with van der Waals surface area (Å²) in [6, 6.07) is 4.23. The molecule has 0 radical (unpaired) electrons. The highest BCUT2D eigenvalue weighted by Gasteiger charge is 2.31. The Labute approximate surface area is 103 Å². The minimum atomic E-state index is 0.0236. The van der Waals surface area contributed by atoms with Gasteiger partial charge in [-0.2, -0.15) is 0 Å². The van der Waals surface area contributed by atoms with Crippen LogP contribution in [-0.2, 0) is 11.3 Å². The van der Waals surface area contributed by atoms with Crippen LogP contribution in [0.4, 0.5) is 5.82 Å². The molecular formula is C13H21N3O. The molecule has 1 aliphatic heterocycles. The van der Waals surface area contributed by atoms with Gasteiger partial charge in [0.1, 0.15) is 5.82 Å². The van der Waals surface area contributed by atoms with Gasteiger partial charge in [0.25, 0.3) is 0 Å². The van der Waals surface area contributed by atoms with Crippen LogP contribution in [0, 0.1) is 0 Å². The first-order valence-corrected chi connectivity index (χ1v) is 6.08. The normalized spacial score (nSPS) is 19.4. The minimum Gasteiger partial charge on any atom is -0.377 e. The van der Waals surface area contributed by atoms with Crippen LogP contribution in [0.3, 0.4) is 0 Å². The minimum absolute atomic E-state index is 0.0236. The van der Waals surface area contributed by atoms with E-state index in [2.05, 4.69) is 41.2 Å². The lowest BCUT2D eigenvalue weighted by molar-refractivity contribution is 0.0639. The summed E-state index contributed by atoms with van der Waals surface area (Å²) < 4.78 is 5.52. The van der Waals surface area contributed by atoms with Gasteiger partial charge in [0.15, 0.2) is 0 Å². The Morgan fingerprint density at radius 2 is 2.29 bits per heavy atom. The van der Waals surface area contributed by atoms with Crippen LogP contribution < -0.4 is 10.2 Å². The molecule has 1 aromatic rings. The zero-order valence-corrected chi connectivity index (χ0v) is 10.9. The predicted octanol–water partition coefficient (Wildman–Crippen LogP) is 1.42. The Morgan fingerprint density at radius 1 is 1.47 bits per heavy atom. The van der Waals surface area contributed by atoms with Gasteiger partial charge in [-0.15, -0.1) is 0 Å². The van der Waals surface area contributed by atoms with Gasteiger partial charge in [0, 0.05) is 19.3 Å². The zero-order chi connectivity index (χ0) is 12.3. The highest BCUT2D eigenvalue weighted by molar-refractivity contribution is 5.43. The molecule has 2 heterocycles. The SMILES string of the molecule is CNCc1ccc(N2CCOCC2(C)C)nc1. The molecule has 4 nitrogen and oxygen atoms in total. The largest absolute Gasteiger partial charge is 0.377 e. The lowest BCUT2D eigenvalue weighted by Crippen LogP contribution is -2.53. The number of rotatable bonds is 3. The summed E-state index contributed by atoms with van der Waals surface area (Å²) in [6.07, 6.45) is 1.94. The topological polar surface area (TPSA) is 37.4 Å². The second kappa shape index (κ2) is 5.02. The van der Waals surface area contributed by atoms with Crippen LogP contribution in [0.25, 0.3) is 0 Å². The van der Waals surface area contributed by atoms with Crippen molar-refractivity contribution >= 4 is 5.82 Å². The van der Waals surface area contributed by atoms with Crippen LogP contribution in [0.2, 0.25) is 0 Å². The molecule has 1 saturated heterocycles. The number of nitrogens with one attached hydrogen (secondary N) is 1. The fraction of sp³-hybridized carbons (Fsp3) is 0.615. The summed E-state index contributed by atoms with van der Waals surface area (Å²) in [5.41, 5.74) is 1.23. The van der Waals surface area contributed by atoms with E-state index in [1.54, 1.807) is 0 Å². The van der Waals surface area contributed by atoms with Crippen LogP contribution in [0.1, 0.15) is 19.4 Å². The first kappa shape index (κ1) is 12.3. The molecular weight excluding hydrogens is 214 g/mol. The average Bonchev–Trinajstić information content (AvgIpc) is 2.30. The second-order valence-electron chi connectivity index (χ2n) is 5.07. The van der Waals surface area contributed by atoms with E-state index >= 15 is 0 Å². The highest BCUT2D eigenvalue weighted by Crippen LogP contribution is 2.25. The summed E-state index contributed by atoms with van der Waals surface area (Å²) in [6.45, 7) is 7.69. The average molecular weight is 235 g/mol. The summed E-state index contributed by atoms with van der Waals surface area (Å²) in [7, 11) is 1.94. The van der Waals surface area contributed by atoms with Gasteiger partial charge < -0.3 is 15.0 Å². The Morgan fingerprint density at radius 3 is 2.88 bits per heavy atom. The lowest BCUT2D eigenvalue weighted by atomic mass is 10.0. The van der Waals surface area contributed by atoms with Crippen LogP contribution in [0.5, 0.6) is 0 Å². The molecule has 0 aromatic carbocycles. The number of anilines is 1. The highest BCUT2D eigenvalue weighted by atomic mass is 16.5. The molecule has 0 aliphatic carbocycles. The number of ether oxygens (including phenoxy) is 1. The van der Waals surface area contributed by atoms with Gasteiger partial charge in [-0.1, -0.05) is 6.07 Å².